The Kier molecular flexibility index (Phi) is 6.12. The maximum absolute atomic E-state index is 11.0. The molecule has 0 unspecified atom stereocenters. The third kappa shape index (κ3) is 2.48. The smallest absolute Gasteiger partial charge is 0.324 e. The maximum atomic E-state index is 11.0. The van der Waals surface area contributed by atoms with E-state index in [4.69, 9.17) is 5.11 Å². The summed E-state index contributed by atoms with van der Waals surface area (Å²) in [6.45, 7) is 3.76. The molecule has 5 heteroatoms. The summed E-state index contributed by atoms with van der Waals surface area (Å²) < 4.78 is 0. The monoisotopic (exact) mass is 220 g/mol. The topological polar surface area (TPSA) is 71.4 Å². The fourth-order valence-corrected chi connectivity index (χ4v) is 1.20. The third-order valence-electron chi connectivity index (χ3n) is 2.10. The van der Waals surface area contributed by atoms with Gasteiger partial charge in [-0.1, -0.05) is 6.92 Å². The molecule has 0 aromatic carbocycles. The van der Waals surface area contributed by atoms with Gasteiger partial charge >= 0.3 is 5.97 Å². The number of hydrogen-bond acceptors (Lipinski definition) is 3. The van der Waals surface area contributed by atoms with Crippen molar-refractivity contribution >= 4 is 17.5 Å². The average Bonchev–Trinajstić information content (AvgIpc) is 1.86. The van der Waals surface area contributed by atoms with Gasteiger partial charge in [-0.15, -0.1) is 0 Å². The van der Waals surface area contributed by atoms with Crippen molar-refractivity contribution in [1.29, 1.82) is 0 Å². The Hall–Kier alpha value is -0.476. The molecule has 0 saturated carbocycles. The van der Waals surface area contributed by atoms with Gasteiger partial charge in [-0.05, 0) is 20.3 Å². The number of rotatable bonds is 4. The van der Waals surface area contributed by atoms with E-state index in [-0.39, 0.29) is 28.1 Å². The molecule has 13 heavy (non-hydrogen) atoms. The van der Waals surface area contributed by atoms with Gasteiger partial charge in [-0.2, -0.15) is 0 Å². The van der Waals surface area contributed by atoms with Gasteiger partial charge in [0.1, 0.15) is 0 Å². The van der Waals surface area contributed by atoms with Crippen molar-refractivity contribution in [2.24, 2.45) is 5.41 Å². The van der Waals surface area contributed by atoms with Crippen molar-refractivity contribution in [3.63, 3.8) is 0 Å². The fraction of sp³-hybridized carbons (Fsp3) is 0.625. The van der Waals surface area contributed by atoms with Gasteiger partial charge in [0, 0.05) is 21.7 Å². The van der Waals surface area contributed by atoms with Crippen molar-refractivity contribution < 1.29 is 41.2 Å². The zero-order valence-electron chi connectivity index (χ0n) is 7.88. The molecule has 0 aromatic rings. The molecule has 0 rings (SSSR count). The van der Waals surface area contributed by atoms with Gasteiger partial charge < -0.3 is 5.11 Å². The zero-order valence-corrected chi connectivity index (χ0v) is 9.44. The summed E-state index contributed by atoms with van der Waals surface area (Å²) in [6.07, 6.45) is 0.00694. The van der Waals surface area contributed by atoms with Gasteiger partial charge in [-0.3, -0.25) is 14.4 Å². The van der Waals surface area contributed by atoms with Gasteiger partial charge in [0.25, 0.3) is 0 Å². The van der Waals surface area contributed by atoms with Crippen LogP contribution in [0.4, 0.5) is 0 Å². The molecular formula is C8H12O4Ti. The summed E-state index contributed by atoms with van der Waals surface area (Å²) in [4.78, 5) is 32.7. The second kappa shape index (κ2) is 5.30. The zero-order chi connectivity index (χ0) is 9.94. The van der Waals surface area contributed by atoms with Crippen LogP contribution in [0.5, 0.6) is 0 Å². The van der Waals surface area contributed by atoms with Crippen LogP contribution in [-0.4, -0.2) is 22.6 Å². The number of carbonyl (C=O) groups is 3. The van der Waals surface area contributed by atoms with E-state index < -0.39 is 23.0 Å². The van der Waals surface area contributed by atoms with E-state index >= 15 is 0 Å². The van der Waals surface area contributed by atoms with E-state index in [0.29, 0.717) is 0 Å². The summed E-state index contributed by atoms with van der Waals surface area (Å²) in [5.41, 5.74) is -1.82. The molecule has 0 heterocycles. The molecule has 0 fully saturated rings. The van der Waals surface area contributed by atoms with Crippen molar-refractivity contribution in [1.82, 2.24) is 0 Å². The van der Waals surface area contributed by atoms with Crippen molar-refractivity contribution in [3.05, 3.63) is 0 Å². The average molecular weight is 220 g/mol. The van der Waals surface area contributed by atoms with Gasteiger partial charge in [0.05, 0.1) is 0 Å². The number of carbonyl (C=O) groups excluding carboxylic acids is 2. The molecule has 0 atom stereocenters. The molecule has 0 amide bonds. The van der Waals surface area contributed by atoms with Crippen LogP contribution < -0.4 is 0 Å². The van der Waals surface area contributed by atoms with Gasteiger partial charge in [-0.25, -0.2) is 0 Å². The predicted molar refractivity (Wildman–Crippen MR) is 41.7 cm³/mol. The number of hydrogen-bond donors (Lipinski definition) is 1. The summed E-state index contributed by atoms with van der Waals surface area (Å²) in [5, 5.41) is 8.72. The minimum atomic E-state index is -1.82. The van der Waals surface area contributed by atoms with E-state index in [9.17, 15) is 14.4 Å². The molecule has 0 aliphatic carbocycles. The van der Waals surface area contributed by atoms with E-state index in [1.807, 2.05) is 0 Å². The van der Waals surface area contributed by atoms with Crippen LogP contribution in [0.15, 0.2) is 0 Å². The van der Waals surface area contributed by atoms with E-state index in [0.717, 1.165) is 13.8 Å². The summed E-state index contributed by atoms with van der Waals surface area (Å²) in [6, 6.07) is 0. The Balaban J connectivity index is 0. The van der Waals surface area contributed by atoms with Crippen LogP contribution in [0.1, 0.15) is 27.2 Å². The molecule has 0 spiro atoms. The van der Waals surface area contributed by atoms with Gasteiger partial charge in [0.2, 0.25) is 0 Å². The Morgan fingerprint density at radius 3 is 1.46 bits per heavy atom. The van der Waals surface area contributed by atoms with E-state index in [1.165, 1.54) is 6.92 Å². The first-order chi connectivity index (χ1) is 5.39. The van der Waals surface area contributed by atoms with Crippen LogP contribution in [0.2, 0.25) is 0 Å². The minimum Gasteiger partial charge on any atom is -0.480 e. The Morgan fingerprint density at radius 1 is 1.15 bits per heavy atom. The van der Waals surface area contributed by atoms with Gasteiger partial charge in [0.15, 0.2) is 17.0 Å². The van der Waals surface area contributed by atoms with Crippen LogP contribution >= 0.6 is 0 Å². The van der Waals surface area contributed by atoms with Crippen LogP contribution in [0, 0.1) is 5.41 Å². The quantitative estimate of drug-likeness (QED) is 0.557. The Bertz CT molecular complexity index is 198. The largest absolute Gasteiger partial charge is 0.480 e. The molecular weight excluding hydrogens is 208 g/mol. The molecule has 0 aliphatic rings. The second-order valence-corrected chi connectivity index (χ2v) is 2.68. The summed E-state index contributed by atoms with van der Waals surface area (Å²) >= 11 is 0. The van der Waals surface area contributed by atoms with Crippen molar-refractivity contribution in [3.8, 4) is 0 Å². The predicted octanol–water partition coefficient (Wildman–Crippen LogP) is 0.643. The van der Waals surface area contributed by atoms with Crippen LogP contribution in [-0.2, 0) is 36.1 Å². The molecule has 0 saturated heterocycles. The van der Waals surface area contributed by atoms with E-state index in [2.05, 4.69) is 0 Å². The fourth-order valence-electron chi connectivity index (χ4n) is 1.20. The van der Waals surface area contributed by atoms with Crippen LogP contribution in [0.25, 0.3) is 0 Å². The maximum Gasteiger partial charge on any atom is 0.324 e. The first-order valence-electron chi connectivity index (χ1n) is 3.65. The first-order valence-corrected chi connectivity index (χ1v) is 3.65. The second-order valence-electron chi connectivity index (χ2n) is 2.68. The van der Waals surface area contributed by atoms with Crippen molar-refractivity contribution in [2.45, 2.75) is 27.2 Å². The van der Waals surface area contributed by atoms with E-state index in [1.54, 1.807) is 0 Å². The summed E-state index contributed by atoms with van der Waals surface area (Å²) in [5.74, 6) is -2.57. The standard InChI is InChI=1S/C8H12O4.Ti/c1-4-8(5(2)9,6(3)10)7(11)12;/h4H2,1-3H3,(H,11,12);. The molecule has 1 N–H and O–H groups in total. The Morgan fingerprint density at radius 2 is 1.46 bits per heavy atom. The minimum absolute atomic E-state index is 0. The Labute approximate surface area is 91.6 Å². The number of ketones is 2. The SMILES string of the molecule is CCC(C(C)=O)(C(C)=O)C(=O)O.[Ti]. The first kappa shape index (κ1) is 15.0. The molecule has 0 bridgehead atoms. The molecule has 4 nitrogen and oxygen atoms in total. The molecule has 0 aliphatic heterocycles. The molecule has 0 radical (unpaired) electrons. The van der Waals surface area contributed by atoms with Crippen LogP contribution in [0.3, 0.4) is 0 Å². The number of carboxylic acid groups (broad SMARTS) is 1. The number of aliphatic carboxylic acids is 1. The molecule has 72 valence electrons. The number of carboxylic acids is 1. The normalized spacial score (nSPS) is 10.1. The van der Waals surface area contributed by atoms with Crippen molar-refractivity contribution in [2.75, 3.05) is 0 Å². The molecule has 0 aromatic heterocycles. The number of Topliss-reactive ketones (excluding diaryl/α,β-unsaturated/α-hetero) is 2. The summed E-state index contributed by atoms with van der Waals surface area (Å²) in [7, 11) is 0. The third-order valence-corrected chi connectivity index (χ3v) is 2.10.